The number of hydrazone groups is 2. The molecule has 8 nitrogen and oxygen atoms in total. The van der Waals surface area contributed by atoms with Gasteiger partial charge in [0.15, 0.2) is 10.2 Å². The van der Waals surface area contributed by atoms with Crippen molar-refractivity contribution in [2.75, 3.05) is 0 Å². The first-order valence-corrected chi connectivity index (χ1v) is 9.57. The summed E-state index contributed by atoms with van der Waals surface area (Å²) in [6.45, 7) is 2.74. The van der Waals surface area contributed by atoms with Crippen molar-refractivity contribution in [3.63, 3.8) is 0 Å². The molecule has 0 unspecified atom stereocenters. The van der Waals surface area contributed by atoms with Gasteiger partial charge in [-0.2, -0.15) is 27.8 Å². The minimum Gasteiger partial charge on any atom is -0.460 e. The monoisotopic (exact) mass is 488 g/mol. The lowest BCUT2D eigenvalue weighted by atomic mass is 9.73. The second-order valence-electron chi connectivity index (χ2n) is 6.60. The van der Waals surface area contributed by atoms with Crippen LogP contribution >= 0.6 is 24.4 Å². The first kappa shape index (κ1) is 23.4. The van der Waals surface area contributed by atoms with Crippen LogP contribution in [0.1, 0.15) is 34.2 Å². The van der Waals surface area contributed by atoms with Gasteiger partial charge in [0.2, 0.25) is 0 Å². The molecule has 2 aromatic heterocycles. The summed E-state index contributed by atoms with van der Waals surface area (Å²) in [5, 5.41) is 7.06. The van der Waals surface area contributed by atoms with Gasteiger partial charge in [0.25, 0.3) is 0 Å². The Morgan fingerprint density at radius 1 is 0.844 bits per heavy atom. The van der Waals surface area contributed by atoms with Crippen LogP contribution in [-0.2, 0) is 0 Å². The number of nitrogens with two attached hydrogens (primary N) is 2. The molecule has 0 bridgehead atoms. The van der Waals surface area contributed by atoms with Gasteiger partial charge < -0.3 is 20.3 Å². The predicted octanol–water partition coefficient (Wildman–Crippen LogP) is 3.02. The van der Waals surface area contributed by atoms with E-state index in [9.17, 15) is 17.6 Å². The average molecular weight is 488 g/mol. The maximum absolute atomic E-state index is 14.6. The molecule has 32 heavy (non-hydrogen) atoms. The van der Waals surface area contributed by atoms with E-state index in [0.717, 1.165) is 12.4 Å². The molecule has 0 saturated carbocycles. The number of rotatable bonds is 6. The minimum atomic E-state index is -4.44. The number of hydrogen-bond acceptors (Lipinski definition) is 6. The van der Waals surface area contributed by atoms with E-state index >= 15 is 0 Å². The van der Waals surface area contributed by atoms with Crippen molar-refractivity contribution in [2.24, 2.45) is 21.7 Å². The lowest BCUT2D eigenvalue weighted by Crippen LogP contribution is -2.51. The Balaban J connectivity index is 2.08. The summed E-state index contributed by atoms with van der Waals surface area (Å²) < 4.78 is 68.9. The molecule has 6 N–H and O–H groups in total. The lowest BCUT2D eigenvalue weighted by molar-refractivity contribution is -0.149. The number of halogens is 4. The molecule has 0 amide bonds. The zero-order chi connectivity index (χ0) is 23.8. The molecule has 0 aromatic carbocycles. The summed E-state index contributed by atoms with van der Waals surface area (Å²) in [4.78, 5) is 0. The van der Waals surface area contributed by atoms with Crippen LogP contribution in [0.15, 0.2) is 31.2 Å². The Hall–Kier alpha value is -3.26. The maximum atomic E-state index is 14.6. The van der Waals surface area contributed by atoms with Crippen LogP contribution in [-0.4, -0.2) is 34.5 Å². The molecule has 170 valence electrons. The highest BCUT2D eigenvalue weighted by atomic mass is 32.1. The highest BCUT2D eigenvalue weighted by Gasteiger charge is 2.72. The van der Waals surface area contributed by atoms with E-state index in [1.165, 1.54) is 26.0 Å². The van der Waals surface area contributed by atoms with E-state index in [2.05, 4.69) is 45.5 Å². The number of nitrogens with one attached hydrogen (secondary N) is 2. The first-order chi connectivity index (χ1) is 14.9. The van der Waals surface area contributed by atoms with Crippen LogP contribution in [0.5, 0.6) is 0 Å². The van der Waals surface area contributed by atoms with E-state index in [1.807, 2.05) is 0 Å². The van der Waals surface area contributed by atoms with Gasteiger partial charge >= 0.3 is 11.8 Å². The van der Waals surface area contributed by atoms with Gasteiger partial charge in [-0.3, -0.25) is 10.9 Å². The van der Waals surface area contributed by atoms with Gasteiger partial charge in [0.1, 0.15) is 23.0 Å². The molecule has 2 heterocycles. The van der Waals surface area contributed by atoms with Crippen LogP contribution in [0.3, 0.4) is 0 Å². The fourth-order valence-corrected chi connectivity index (χ4v) is 3.23. The molecule has 1 aliphatic carbocycles. The molecule has 0 aliphatic heterocycles. The summed E-state index contributed by atoms with van der Waals surface area (Å²) in [7, 11) is 0. The zero-order valence-electron chi connectivity index (χ0n) is 16.5. The summed E-state index contributed by atoms with van der Waals surface area (Å²) in [5.74, 6) is -8.83. The van der Waals surface area contributed by atoms with E-state index in [1.54, 1.807) is 0 Å². The van der Waals surface area contributed by atoms with Gasteiger partial charge in [0.05, 0.1) is 12.4 Å². The molecule has 0 saturated heterocycles. The Morgan fingerprint density at radius 3 is 1.50 bits per heavy atom. The molecular formula is C18H16F4N6O2S2. The zero-order valence-corrected chi connectivity index (χ0v) is 18.1. The number of aryl methyl sites for hydroxylation is 2. The minimum absolute atomic E-state index is 0.00644. The molecule has 0 spiro atoms. The largest absolute Gasteiger partial charge is 0.460 e. The van der Waals surface area contributed by atoms with Crippen molar-refractivity contribution >= 4 is 58.2 Å². The molecular weight excluding hydrogens is 472 g/mol. The molecule has 3 rings (SSSR count). The summed E-state index contributed by atoms with van der Waals surface area (Å²) in [6.07, 6.45) is 2.24. The maximum Gasteiger partial charge on any atom is 0.340 e. The summed E-state index contributed by atoms with van der Waals surface area (Å²) in [6, 6.07) is 2.34. The molecule has 2 aromatic rings. The van der Waals surface area contributed by atoms with Crippen LogP contribution < -0.4 is 22.3 Å². The molecule has 0 fully saturated rings. The number of alkyl halides is 4. The SMILES string of the molecule is Cc1oc(/C=N/NC(N)=S)cc1C1=C(c2cc(/C=N/NC(N)=S)oc2C)C(F)(F)C1(F)F. The van der Waals surface area contributed by atoms with Crippen LogP contribution in [0.2, 0.25) is 0 Å². The fourth-order valence-electron chi connectivity index (χ4n) is 3.13. The van der Waals surface area contributed by atoms with Gasteiger partial charge in [-0.1, -0.05) is 0 Å². The van der Waals surface area contributed by atoms with Crippen LogP contribution in [0.25, 0.3) is 11.1 Å². The van der Waals surface area contributed by atoms with Crippen molar-refractivity contribution in [1.82, 2.24) is 10.9 Å². The fraction of sp³-hybridized carbons (Fsp3) is 0.222. The topological polar surface area (TPSA) is 127 Å². The van der Waals surface area contributed by atoms with Crippen molar-refractivity contribution in [1.29, 1.82) is 0 Å². The average Bonchev–Trinajstić information content (AvgIpc) is 3.20. The normalized spacial score (nSPS) is 17.1. The predicted molar refractivity (Wildman–Crippen MR) is 119 cm³/mol. The van der Waals surface area contributed by atoms with Crippen molar-refractivity contribution in [2.45, 2.75) is 25.7 Å². The molecule has 1 aliphatic rings. The van der Waals surface area contributed by atoms with E-state index < -0.39 is 23.0 Å². The van der Waals surface area contributed by atoms with E-state index in [4.69, 9.17) is 20.3 Å². The second kappa shape index (κ2) is 8.35. The van der Waals surface area contributed by atoms with E-state index in [-0.39, 0.29) is 44.4 Å². The van der Waals surface area contributed by atoms with Gasteiger partial charge in [-0.25, -0.2) is 0 Å². The van der Waals surface area contributed by atoms with Crippen molar-refractivity contribution in [3.8, 4) is 0 Å². The Labute approximate surface area is 189 Å². The lowest BCUT2D eigenvalue weighted by Gasteiger charge is -2.41. The highest BCUT2D eigenvalue weighted by molar-refractivity contribution is 7.80. The molecule has 0 radical (unpaired) electrons. The van der Waals surface area contributed by atoms with Crippen molar-refractivity contribution < 1.29 is 26.4 Å². The smallest absolute Gasteiger partial charge is 0.340 e. The third-order valence-corrected chi connectivity index (χ3v) is 4.60. The summed E-state index contributed by atoms with van der Waals surface area (Å²) in [5.41, 5.74) is 12.9. The van der Waals surface area contributed by atoms with E-state index in [0.29, 0.717) is 0 Å². The van der Waals surface area contributed by atoms with Gasteiger partial charge in [-0.15, -0.1) is 0 Å². The number of thiocarbonyl (C=S) groups is 2. The Bertz CT molecular complexity index is 1090. The number of hydrogen-bond donors (Lipinski definition) is 4. The summed E-state index contributed by atoms with van der Waals surface area (Å²) >= 11 is 9.17. The van der Waals surface area contributed by atoms with Gasteiger partial charge in [-0.05, 0) is 50.4 Å². The van der Waals surface area contributed by atoms with Crippen LogP contribution in [0, 0.1) is 13.8 Å². The van der Waals surface area contributed by atoms with Crippen LogP contribution in [0.4, 0.5) is 17.6 Å². The molecule has 0 atom stereocenters. The molecule has 14 heteroatoms. The number of nitrogens with zero attached hydrogens (tertiary/aromatic N) is 2. The van der Waals surface area contributed by atoms with Gasteiger partial charge in [0, 0.05) is 22.3 Å². The second-order valence-corrected chi connectivity index (χ2v) is 7.48. The number of allylic oxidation sites excluding steroid dienone is 2. The Morgan fingerprint density at radius 2 is 1.19 bits per heavy atom. The third-order valence-electron chi connectivity index (χ3n) is 4.42. The highest BCUT2D eigenvalue weighted by Crippen LogP contribution is 2.64. The Kier molecular flexibility index (Phi) is 6.11. The quantitative estimate of drug-likeness (QED) is 0.212. The standard InChI is InChI=1S/C18H16F4N6O2S2/c1-7-11(3-9(29-7)5-25-27-15(23)31)13-14(18(21,22)17(13,19)20)12-4-10(30-8(12)2)6-26-28-16(24)32/h3-6H,1-2H3,(H3,23,27,31)(H3,24,28,32)/b25-5+,26-6+. The number of furan rings is 2. The first-order valence-electron chi connectivity index (χ1n) is 8.75. The third kappa shape index (κ3) is 4.10. The van der Waals surface area contributed by atoms with Crippen molar-refractivity contribution in [3.05, 3.63) is 46.3 Å².